The first-order valence-corrected chi connectivity index (χ1v) is 5.42. The molecule has 2 heterocycles. The van der Waals surface area contributed by atoms with E-state index in [9.17, 15) is 0 Å². The van der Waals surface area contributed by atoms with Crippen LogP contribution < -0.4 is 11.1 Å². The van der Waals surface area contributed by atoms with Crippen molar-refractivity contribution in [3.05, 3.63) is 18.5 Å². The highest BCUT2D eigenvalue weighted by Gasteiger charge is 2.03. The molecule has 0 unspecified atom stereocenters. The highest BCUT2D eigenvalue weighted by Crippen LogP contribution is 2.17. The van der Waals surface area contributed by atoms with E-state index in [1.165, 1.54) is 0 Å². The Balaban J connectivity index is 2.27. The molecule has 2 aromatic rings. The zero-order chi connectivity index (χ0) is 11.4. The fraction of sp³-hybridized carbons (Fsp3) is 0.364. The van der Waals surface area contributed by atoms with Gasteiger partial charge in [-0.25, -0.2) is 4.98 Å². The summed E-state index contributed by atoms with van der Waals surface area (Å²) in [5.74, 6) is 1.07. The van der Waals surface area contributed by atoms with Crippen LogP contribution >= 0.6 is 0 Å². The van der Waals surface area contributed by atoms with Gasteiger partial charge in [0, 0.05) is 18.1 Å². The van der Waals surface area contributed by atoms with Gasteiger partial charge in [-0.3, -0.25) is 4.98 Å². The molecule has 0 saturated carbocycles. The Kier molecular flexibility index (Phi) is 3.14. The molecular weight excluding hydrogens is 202 g/mol. The molecule has 0 fully saturated rings. The van der Waals surface area contributed by atoms with Crippen LogP contribution in [0.15, 0.2) is 18.5 Å². The third kappa shape index (κ3) is 2.18. The summed E-state index contributed by atoms with van der Waals surface area (Å²) < 4.78 is 0. The lowest BCUT2D eigenvalue weighted by Gasteiger charge is -2.06. The van der Waals surface area contributed by atoms with Crippen molar-refractivity contribution in [2.24, 2.45) is 0 Å². The Hall–Kier alpha value is -1.91. The number of pyridine rings is 1. The number of unbranched alkanes of at least 4 members (excludes halogenated alkanes) is 1. The van der Waals surface area contributed by atoms with Crippen LogP contribution in [0.3, 0.4) is 0 Å². The van der Waals surface area contributed by atoms with Gasteiger partial charge in [-0.15, -0.1) is 0 Å². The van der Waals surface area contributed by atoms with Crippen molar-refractivity contribution in [1.82, 2.24) is 15.0 Å². The van der Waals surface area contributed by atoms with E-state index in [4.69, 9.17) is 5.73 Å². The van der Waals surface area contributed by atoms with Gasteiger partial charge in [0.1, 0.15) is 5.82 Å². The SMILES string of the molecule is CCCCNc1nc(N)c2ccncc2n1. The molecule has 0 spiro atoms. The number of aromatic nitrogens is 3. The predicted octanol–water partition coefficient (Wildman–Crippen LogP) is 1.82. The van der Waals surface area contributed by atoms with Crippen molar-refractivity contribution in [3.63, 3.8) is 0 Å². The molecule has 2 aromatic heterocycles. The molecular formula is C11H15N5. The molecule has 5 heteroatoms. The molecule has 0 amide bonds. The van der Waals surface area contributed by atoms with Gasteiger partial charge >= 0.3 is 0 Å². The molecule has 0 aliphatic heterocycles. The van der Waals surface area contributed by atoms with E-state index in [1.54, 1.807) is 12.4 Å². The molecule has 84 valence electrons. The maximum Gasteiger partial charge on any atom is 0.225 e. The van der Waals surface area contributed by atoms with Gasteiger partial charge in [-0.2, -0.15) is 4.98 Å². The number of hydrogen-bond acceptors (Lipinski definition) is 5. The highest BCUT2D eigenvalue weighted by atomic mass is 15.1. The van der Waals surface area contributed by atoms with Gasteiger partial charge in [0.05, 0.1) is 11.7 Å². The van der Waals surface area contributed by atoms with Crippen LogP contribution in [0.25, 0.3) is 10.9 Å². The minimum Gasteiger partial charge on any atom is -0.383 e. The van der Waals surface area contributed by atoms with Crippen molar-refractivity contribution in [2.75, 3.05) is 17.6 Å². The number of nitrogens with zero attached hydrogens (tertiary/aromatic N) is 3. The van der Waals surface area contributed by atoms with Crippen molar-refractivity contribution in [3.8, 4) is 0 Å². The van der Waals surface area contributed by atoms with Crippen LogP contribution in [0.4, 0.5) is 11.8 Å². The van der Waals surface area contributed by atoms with Gasteiger partial charge in [-0.1, -0.05) is 13.3 Å². The smallest absolute Gasteiger partial charge is 0.225 e. The quantitative estimate of drug-likeness (QED) is 0.764. The van der Waals surface area contributed by atoms with E-state index >= 15 is 0 Å². The molecule has 0 bridgehead atoms. The number of nitrogens with two attached hydrogens (primary N) is 1. The van der Waals surface area contributed by atoms with E-state index in [2.05, 4.69) is 27.2 Å². The average Bonchev–Trinajstić information content (AvgIpc) is 2.30. The first-order valence-electron chi connectivity index (χ1n) is 5.42. The lowest BCUT2D eigenvalue weighted by molar-refractivity contribution is 0.827. The monoisotopic (exact) mass is 217 g/mol. The number of rotatable bonds is 4. The zero-order valence-electron chi connectivity index (χ0n) is 9.27. The second-order valence-electron chi connectivity index (χ2n) is 3.61. The Bertz CT molecular complexity index is 483. The summed E-state index contributed by atoms with van der Waals surface area (Å²) in [6.45, 7) is 3.00. The van der Waals surface area contributed by atoms with Crippen LogP contribution in [-0.4, -0.2) is 21.5 Å². The molecule has 2 rings (SSSR count). The third-order valence-electron chi connectivity index (χ3n) is 2.34. The van der Waals surface area contributed by atoms with E-state index in [-0.39, 0.29) is 0 Å². The summed E-state index contributed by atoms with van der Waals surface area (Å²) in [6.07, 6.45) is 5.61. The normalized spacial score (nSPS) is 10.6. The number of nitrogen functional groups attached to an aromatic ring is 1. The molecule has 5 nitrogen and oxygen atoms in total. The standard InChI is InChI=1S/C11H15N5/c1-2-3-5-14-11-15-9-7-13-6-4-8(9)10(12)16-11/h4,6-7H,2-3,5H2,1H3,(H3,12,14,15,16). The van der Waals surface area contributed by atoms with Gasteiger partial charge < -0.3 is 11.1 Å². The number of anilines is 2. The molecule has 0 aliphatic rings. The highest BCUT2D eigenvalue weighted by molar-refractivity contribution is 5.88. The number of hydrogen-bond donors (Lipinski definition) is 2. The van der Waals surface area contributed by atoms with Crippen LogP contribution in [0, 0.1) is 0 Å². The van der Waals surface area contributed by atoms with Gasteiger partial charge in [-0.05, 0) is 12.5 Å². The van der Waals surface area contributed by atoms with E-state index < -0.39 is 0 Å². The van der Waals surface area contributed by atoms with Gasteiger partial charge in [0.2, 0.25) is 5.95 Å². The average molecular weight is 217 g/mol. The molecule has 0 aromatic carbocycles. The lowest BCUT2D eigenvalue weighted by atomic mass is 10.3. The van der Waals surface area contributed by atoms with E-state index in [0.29, 0.717) is 11.8 Å². The van der Waals surface area contributed by atoms with Crippen molar-refractivity contribution in [1.29, 1.82) is 0 Å². The first-order chi connectivity index (χ1) is 7.81. The van der Waals surface area contributed by atoms with Crippen LogP contribution in [0.5, 0.6) is 0 Å². The summed E-state index contributed by atoms with van der Waals surface area (Å²) in [5, 5.41) is 3.99. The molecule has 16 heavy (non-hydrogen) atoms. The van der Waals surface area contributed by atoms with Gasteiger partial charge in [0.25, 0.3) is 0 Å². The first kappa shape index (κ1) is 10.6. The molecule has 0 radical (unpaired) electrons. The third-order valence-corrected chi connectivity index (χ3v) is 2.34. The summed E-state index contributed by atoms with van der Waals surface area (Å²) in [5.41, 5.74) is 6.61. The minimum absolute atomic E-state index is 0.492. The van der Waals surface area contributed by atoms with Crippen molar-refractivity contribution < 1.29 is 0 Å². The largest absolute Gasteiger partial charge is 0.383 e. The molecule has 3 N–H and O–H groups in total. The molecule has 0 aliphatic carbocycles. The minimum atomic E-state index is 0.492. The Morgan fingerprint density at radius 1 is 1.38 bits per heavy atom. The molecule has 0 saturated heterocycles. The fourth-order valence-electron chi connectivity index (χ4n) is 1.46. The Morgan fingerprint density at radius 3 is 3.06 bits per heavy atom. The maximum absolute atomic E-state index is 5.84. The second-order valence-corrected chi connectivity index (χ2v) is 3.61. The van der Waals surface area contributed by atoms with Crippen LogP contribution in [0.1, 0.15) is 19.8 Å². The van der Waals surface area contributed by atoms with E-state index in [1.807, 2.05) is 6.07 Å². The summed E-state index contributed by atoms with van der Waals surface area (Å²) in [4.78, 5) is 12.6. The Labute approximate surface area is 94.1 Å². The van der Waals surface area contributed by atoms with Crippen LogP contribution in [-0.2, 0) is 0 Å². The summed E-state index contributed by atoms with van der Waals surface area (Å²) in [7, 11) is 0. The predicted molar refractivity (Wildman–Crippen MR) is 65.1 cm³/mol. The van der Waals surface area contributed by atoms with Crippen molar-refractivity contribution in [2.45, 2.75) is 19.8 Å². The lowest BCUT2D eigenvalue weighted by Crippen LogP contribution is -2.07. The van der Waals surface area contributed by atoms with Gasteiger partial charge in [0.15, 0.2) is 0 Å². The maximum atomic E-state index is 5.84. The van der Waals surface area contributed by atoms with E-state index in [0.717, 1.165) is 30.3 Å². The van der Waals surface area contributed by atoms with Crippen molar-refractivity contribution >= 4 is 22.7 Å². The summed E-state index contributed by atoms with van der Waals surface area (Å²) in [6, 6.07) is 1.82. The Morgan fingerprint density at radius 2 is 2.25 bits per heavy atom. The summed E-state index contributed by atoms with van der Waals surface area (Å²) >= 11 is 0. The zero-order valence-corrected chi connectivity index (χ0v) is 9.27. The number of nitrogens with one attached hydrogen (secondary N) is 1. The second kappa shape index (κ2) is 4.74. The molecule has 0 atom stereocenters. The number of fused-ring (bicyclic) bond motifs is 1. The fourth-order valence-corrected chi connectivity index (χ4v) is 1.46. The van der Waals surface area contributed by atoms with Crippen LogP contribution in [0.2, 0.25) is 0 Å². The topological polar surface area (TPSA) is 76.7 Å².